The average Bonchev–Trinajstić information content (AvgIpc) is 2.38. The molecular formula is C14H10BrClF3N. The Hall–Kier alpha value is -1.20. The smallest absolute Gasteiger partial charge is 0.380 e. The van der Waals surface area contributed by atoms with E-state index in [0.29, 0.717) is 12.2 Å². The summed E-state index contributed by atoms with van der Waals surface area (Å²) in [5.74, 6) is 0. The molecule has 1 N–H and O–H groups in total. The summed E-state index contributed by atoms with van der Waals surface area (Å²) in [7, 11) is 0. The van der Waals surface area contributed by atoms with Crippen molar-refractivity contribution in [3.63, 3.8) is 0 Å². The lowest BCUT2D eigenvalue weighted by Crippen LogP contribution is -2.06. The van der Waals surface area contributed by atoms with Gasteiger partial charge in [0.15, 0.2) is 0 Å². The number of hydrogen-bond donors (Lipinski definition) is 1. The van der Waals surface area contributed by atoms with Crippen molar-refractivity contribution in [2.24, 2.45) is 0 Å². The number of anilines is 1. The Bertz CT molecular complexity index is 596. The van der Waals surface area contributed by atoms with Gasteiger partial charge in [0, 0.05) is 11.0 Å². The van der Waals surface area contributed by atoms with E-state index in [0.717, 1.165) is 22.2 Å². The first-order valence-electron chi connectivity index (χ1n) is 5.71. The van der Waals surface area contributed by atoms with Crippen molar-refractivity contribution in [2.45, 2.75) is 12.7 Å². The molecule has 1 nitrogen and oxygen atoms in total. The van der Waals surface area contributed by atoms with Crippen molar-refractivity contribution < 1.29 is 13.2 Å². The SMILES string of the molecule is FC(F)(F)c1ccc(NCc2ccc(Br)cc2)c(Cl)c1. The van der Waals surface area contributed by atoms with Gasteiger partial charge in [0.2, 0.25) is 0 Å². The molecule has 0 saturated heterocycles. The quantitative estimate of drug-likeness (QED) is 0.733. The van der Waals surface area contributed by atoms with Gasteiger partial charge in [-0.05, 0) is 35.9 Å². The summed E-state index contributed by atoms with van der Waals surface area (Å²) in [4.78, 5) is 0. The summed E-state index contributed by atoms with van der Waals surface area (Å²) < 4.78 is 38.5. The second kappa shape index (κ2) is 6.06. The number of halogens is 5. The highest BCUT2D eigenvalue weighted by Gasteiger charge is 2.30. The number of nitrogens with one attached hydrogen (secondary N) is 1. The van der Waals surface area contributed by atoms with E-state index in [-0.39, 0.29) is 5.02 Å². The first-order chi connectivity index (χ1) is 9.36. The topological polar surface area (TPSA) is 12.0 Å². The Morgan fingerprint density at radius 2 is 1.70 bits per heavy atom. The molecule has 0 spiro atoms. The van der Waals surface area contributed by atoms with E-state index in [2.05, 4.69) is 21.2 Å². The van der Waals surface area contributed by atoms with Gasteiger partial charge in [-0.3, -0.25) is 0 Å². The van der Waals surface area contributed by atoms with E-state index < -0.39 is 11.7 Å². The Morgan fingerprint density at radius 1 is 1.05 bits per heavy atom. The summed E-state index contributed by atoms with van der Waals surface area (Å²) >= 11 is 9.19. The first kappa shape index (κ1) is 15.2. The summed E-state index contributed by atoms with van der Waals surface area (Å²) in [6.45, 7) is 0.484. The van der Waals surface area contributed by atoms with Crippen LogP contribution in [0, 0.1) is 0 Å². The molecule has 0 amide bonds. The minimum absolute atomic E-state index is 0.0527. The Balaban J connectivity index is 2.08. The van der Waals surface area contributed by atoms with Crippen LogP contribution in [0.25, 0.3) is 0 Å². The Kier molecular flexibility index (Phi) is 4.60. The van der Waals surface area contributed by atoms with E-state index in [1.165, 1.54) is 6.07 Å². The normalized spacial score (nSPS) is 11.4. The van der Waals surface area contributed by atoms with Gasteiger partial charge in [0.05, 0.1) is 16.3 Å². The maximum Gasteiger partial charge on any atom is 0.416 e. The van der Waals surface area contributed by atoms with Gasteiger partial charge in [0.25, 0.3) is 0 Å². The fourth-order valence-corrected chi connectivity index (χ4v) is 2.15. The summed E-state index contributed by atoms with van der Waals surface area (Å²) in [5.41, 5.74) is 0.725. The molecule has 2 aromatic rings. The van der Waals surface area contributed by atoms with Gasteiger partial charge in [-0.15, -0.1) is 0 Å². The van der Waals surface area contributed by atoms with Crippen LogP contribution in [0.3, 0.4) is 0 Å². The second-order valence-corrected chi connectivity index (χ2v) is 5.50. The van der Waals surface area contributed by atoms with E-state index in [1.807, 2.05) is 24.3 Å². The van der Waals surface area contributed by atoms with Crippen LogP contribution < -0.4 is 5.32 Å². The van der Waals surface area contributed by atoms with E-state index in [1.54, 1.807) is 0 Å². The number of hydrogen-bond acceptors (Lipinski definition) is 1. The number of rotatable bonds is 3. The van der Waals surface area contributed by atoms with Crippen LogP contribution in [0.15, 0.2) is 46.9 Å². The summed E-state index contributed by atoms with van der Waals surface area (Å²) in [6.07, 6.45) is -4.38. The summed E-state index contributed by atoms with van der Waals surface area (Å²) in [5, 5.41) is 3.07. The molecule has 6 heteroatoms. The standard InChI is InChI=1S/C14H10BrClF3N/c15-11-4-1-9(2-5-11)8-20-13-6-3-10(7-12(13)16)14(17,18)19/h1-7,20H,8H2. The molecule has 0 aliphatic carbocycles. The Morgan fingerprint density at radius 3 is 2.25 bits per heavy atom. The molecule has 0 heterocycles. The highest BCUT2D eigenvalue weighted by molar-refractivity contribution is 9.10. The highest BCUT2D eigenvalue weighted by atomic mass is 79.9. The third-order valence-electron chi connectivity index (χ3n) is 2.69. The third-order valence-corrected chi connectivity index (χ3v) is 3.53. The molecule has 106 valence electrons. The molecule has 0 aliphatic rings. The van der Waals surface area contributed by atoms with E-state index in [9.17, 15) is 13.2 Å². The molecule has 0 fully saturated rings. The average molecular weight is 365 g/mol. The van der Waals surface area contributed by atoms with Gasteiger partial charge in [-0.25, -0.2) is 0 Å². The molecule has 0 saturated carbocycles. The molecule has 0 aliphatic heterocycles. The molecule has 2 aromatic carbocycles. The van der Waals surface area contributed by atoms with Crippen LogP contribution in [0.2, 0.25) is 5.02 Å². The van der Waals surface area contributed by atoms with Crippen LogP contribution in [-0.2, 0) is 12.7 Å². The lowest BCUT2D eigenvalue weighted by molar-refractivity contribution is -0.137. The zero-order chi connectivity index (χ0) is 14.8. The van der Waals surface area contributed by atoms with E-state index >= 15 is 0 Å². The lowest BCUT2D eigenvalue weighted by Gasteiger charge is -2.12. The minimum Gasteiger partial charge on any atom is -0.380 e. The largest absolute Gasteiger partial charge is 0.416 e. The number of benzene rings is 2. The zero-order valence-corrected chi connectivity index (χ0v) is 12.5. The Labute approximate surface area is 127 Å². The van der Waals surface area contributed by atoms with Crippen molar-refractivity contribution >= 4 is 33.2 Å². The van der Waals surface area contributed by atoms with Crippen molar-refractivity contribution in [3.05, 3.63) is 63.1 Å². The predicted octanol–water partition coefficient (Wildman–Crippen LogP) is 5.73. The second-order valence-electron chi connectivity index (χ2n) is 4.17. The molecule has 0 aromatic heterocycles. The predicted molar refractivity (Wildman–Crippen MR) is 77.9 cm³/mol. The van der Waals surface area contributed by atoms with Crippen molar-refractivity contribution in [1.29, 1.82) is 0 Å². The molecule has 20 heavy (non-hydrogen) atoms. The molecule has 0 atom stereocenters. The summed E-state index contributed by atoms with van der Waals surface area (Å²) in [6, 6.07) is 10.9. The van der Waals surface area contributed by atoms with Crippen LogP contribution >= 0.6 is 27.5 Å². The van der Waals surface area contributed by atoms with Gasteiger partial charge >= 0.3 is 6.18 Å². The molecule has 0 bridgehead atoms. The lowest BCUT2D eigenvalue weighted by atomic mass is 10.2. The molecule has 0 unspecified atom stereocenters. The van der Waals surface area contributed by atoms with Gasteiger partial charge < -0.3 is 5.32 Å². The van der Waals surface area contributed by atoms with Crippen LogP contribution in [0.5, 0.6) is 0 Å². The molecular weight excluding hydrogens is 355 g/mol. The monoisotopic (exact) mass is 363 g/mol. The maximum atomic E-state index is 12.5. The minimum atomic E-state index is -4.38. The van der Waals surface area contributed by atoms with Gasteiger partial charge in [-0.2, -0.15) is 13.2 Å². The van der Waals surface area contributed by atoms with Crippen molar-refractivity contribution in [2.75, 3.05) is 5.32 Å². The maximum absolute atomic E-state index is 12.5. The van der Waals surface area contributed by atoms with Crippen molar-refractivity contribution in [3.8, 4) is 0 Å². The van der Waals surface area contributed by atoms with Crippen molar-refractivity contribution in [1.82, 2.24) is 0 Å². The fourth-order valence-electron chi connectivity index (χ4n) is 1.63. The van der Waals surface area contributed by atoms with Gasteiger partial charge in [-0.1, -0.05) is 39.7 Å². The van der Waals surface area contributed by atoms with E-state index in [4.69, 9.17) is 11.6 Å². The fraction of sp³-hybridized carbons (Fsp3) is 0.143. The van der Waals surface area contributed by atoms with Crippen LogP contribution in [0.1, 0.15) is 11.1 Å². The number of alkyl halides is 3. The molecule has 0 radical (unpaired) electrons. The zero-order valence-electron chi connectivity index (χ0n) is 10.1. The first-order valence-corrected chi connectivity index (χ1v) is 6.88. The van der Waals surface area contributed by atoms with Gasteiger partial charge in [0.1, 0.15) is 0 Å². The molecule has 2 rings (SSSR count). The third kappa shape index (κ3) is 3.90. The highest BCUT2D eigenvalue weighted by Crippen LogP contribution is 2.33. The van der Waals surface area contributed by atoms with Crippen LogP contribution in [-0.4, -0.2) is 0 Å². The van der Waals surface area contributed by atoms with Crippen LogP contribution in [0.4, 0.5) is 18.9 Å².